The second-order valence-corrected chi connectivity index (χ2v) is 6.62. The van der Waals surface area contributed by atoms with E-state index >= 15 is 0 Å². The molecule has 0 fully saturated rings. The lowest BCUT2D eigenvalue weighted by molar-refractivity contribution is 0.107. The van der Waals surface area contributed by atoms with E-state index < -0.39 is 0 Å². The van der Waals surface area contributed by atoms with Crippen molar-refractivity contribution in [1.82, 2.24) is 4.90 Å². The molecular weight excluding hydrogens is 210 g/mol. The number of hydrogen-bond acceptors (Lipinski definition) is 2. The molecule has 2 nitrogen and oxygen atoms in total. The van der Waals surface area contributed by atoms with Crippen LogP contribution in [0.2, 0.25) is 0 Å². The van der Waals surface area contributed by atoms with Crippen LogP contribution in [-0.2, 0) is 4.74 Å². The Morgan fingerprint density at radius 1 is 1.35 bits per heavy atom. The number of ether oxygens (including phenoxy) is 1. The molecule has 1 atom stereocenters. The molecule has 0 radical (unpaired) electrons. The van der Waals surface area contributed by atoms with Crippen LogP contribution in [0.4, 0.5) is 0 Å². The van der Waals surface area contributed by atoms with Crippen molar-refractivity contribution in [1.29, 1.82) is 0 Å². The molecule has 0 bridgehead atoms. The minimum atomic E-state index is 0.260. The highest BCUT2D eigenvalue weighted by Crippen LogP contribution is 2.37. The summed E-state index contributed by atoms with van der Waals surface area (Å²) in [4.78, 5) is 2.55. The third-order valence-electron chi connectivity index (χ3n) is 3.67. The Hall–Kier alpha value is -0.340. The normalized spacial score (nSPS) is 23.6. The van der Waals surface area contributed by atoms with Crippen LogP contribution >= 0.6 is 0 Å². The predicted molar refractivity (Wildman–Crippen MR) is 74.2 cm³/mol. The Balaban J connectivity index is 3.01. The number of nitrogens with zero attached hydrogens (tertiary/aromatic N) is 1. The summed E-state index contributed by atoms with van der Waals surface area (Å²) in [6, 6.07) is 0.617. The summed E-state index contributed by atoms with van der Waals surface area (Å²) in [5.41, 5.74) is 3.41. The largest absolute Gasteiger partial charge is 0.384 e. The van der Waals surface area contributed by atoms with E-state index in [0.29, 0.717) is 12.0 Å². The second kappa shape index (κ2) is 5.53. The van der Waals surface area contributed by atoms with E-state index in [0.717, 1.165) is 19.7 Å². The van der Waals surface area contributed by atoms with Crippen LogP contribution < -0.4 is 0 Å². The lowest BCUT2D eigenvalue weighted by Crippen LogP contribution is -2.44. The molecule has 1 rings (SSSR count). The lowest BCUT2D eigenvalue weighted by atomic mass is 9.74. The molecule has 1 unspecified atom stereocenters. The summed E-state index contributed by atoms with van der Waals surface area (Å²) < 4.78 is 5.42. The van der Waals surface area contributed by atoms with Crippen LogP contribution in [0.3, 0.4) is 0 Å². The summed E-state index contributed by atoms with van der Waals surface area (Å²) in [5, 5.41) is 0. The predicted octanol–water partition coefficient (Wildman–Crippen LogP) is 3.34. The van der Waals surface area contributed by atoms with Crippen molar-refractivity contribution >= 4 is 0 Å². The van der Waals surface area contributed by atoms with Gasteiger partial charge in [-0.2, -0.15) is 0 Å². The first-order valence-electron chi connectivity index (χ1n) is 6.70. The highest BCUT2D eigenvalue weighted by molar-refractivity contribution is 5.26. The van der Waals surface area contributed by atoms with Crippen LogP contribution in [0.5, 0.6) is 0 Å². The van der Waals surface area contributed by atoms with E-state index in [2.05, 4.69) is 46.4 Å². The fourth-order valence-electron chi connectivity index (χ4n) is 3.16. The average molecular weight is 239 g/mol. The molecule has 1 aliphatic rings. The maximum Gasteiger partial charge on any atom is 0.0540 e. The Labute approximate surface area is 107 Å². The van der Waals surface area contributed by atoms with Gasteiger partial charge in [0.2, 0.25) is 0 Å². The Kier molecular flexibility index (Phi) is 4.79. The zero-order chi connectivity index (χ0) is 13.2. The SMILES string of the molecule is COCC1CN(C(C)C)CC(C)=C1C(C)(C)C. The van der Waals surface area contributed by atoms with Gasteiger partial charge in [-0.05, 0) is 26.2 Å². The summed E-state index contributed by atoms with van der Waals surface area (Å²) >= 11 is 0. The van der Waals surface area contributed by atoms with Crippen molar-refractivity contribution in [3.63, 3.8) is 0 Å². The Morgan fingerprint density at radius 3 is 2.35 bits per heavy atom. The molecule has 100 valence electrons. The summed E-state index contributed by atoms with van der Waals surface area (Å²) in [6.45, 7) is 16.9. The van der Waals surface area contributed by atoms with Crippen molar-refractivity contribution in [2.24, 2.45) is 11.3 Å². The van der Waals surface area contributed by atoms with E-state index in [1.807, 2.05) is 7.11 Å². The molecule has 0 saturated heterocycles. The van der Waals surface area contributed by atoms with Gasteiger partial charge in [0.15, 0.2) is 0 Å². The van der Waals surface area contributed by atoms with Crippen molar-refractivity contribution in [2.45, 2.75) is 47.6 Å². The van der Waals surface area contributed by atoms with Gasteiger partial charge in [-0.15, -0.1) is 0 Å². The average Bonchev–Trinajstić information content (AvgIpc) is 2.14. The zero-order valence-electron chi connectivity index (χ0n) is 12.6. The molecule has 0 aromatic heterocycles. The Bertz CT molecular complexity index is 286. The van der Waals surface area contributed by atoms with Crippen LogP contribution in [0.25, 0.3) is 0 Å². The highest BCUT2D eigenvalue weighted by Gasteiger charge is 2.33. The first-order chi connectivity index (χ1) is 7.77. The topological polar surface area (TPSA) is 12.5 Å². The van der Waals surface area contributed by atoms with Gasteiger partial charge < -0.3 is 4.74 Å². The molecule has 0 spiro atoms. The third kappa shape index (κ3) is 3.56. The van der Waals surface area contributed by atoms with E-state index in [1.54, 1.807) is 11.1 Å². The maximum absolute atomic E-state index is 5.42. The van der Waals surface area contributed by atoms with Gasteiger partial charge in [0, 0.05) is 32.2 Å². The van der Waals surface area contributed by atoms with Crippen LogP contribution in [0.1, 0.15) is 41.5 Å². The molecule has 0 N–H and O–H groups in total. The first kappa shape index (κ1) is 14.7. The van der Waals surface area contributed by atoms with E-state index in [4.69, 9.17) is 4.74 Å². The first-order valence-corrected chi connectivity index (χ1v) is 6.70. The molecule has 0 amide bonds. The fourth-order valence-corrected chi connectivity index (χ4v) is 3.16. The van der Waals surface area contributed by atoms with Crippen molar-refractivity contribution < 1.29 is 4.74 Å². The lowest BCUT2D eigenvalue weighted by Gasteiger charge is -2.42. The molecule has 0 aromatic carbocycles. The molecule has 0 aliphatic carbocycles. The Morgan fingerprint density at radius 2 is 1.94 bits per heavy atom. The van der Waals surface area contributed by atoms with Gasteiger partial charge >= 0.3 is 0 Å². The van der Waals surface area contributed by atoms with E-state index in [1.165, 1.54) is 0 Å². The molecule has 0 saturated carbocycles. The number of methoxy groups -OCH3 is 1. The summed E-state index contributed by atoms with van der Waals surface area (Å²) in [5.74, 6) is 0.552. The van der Waals surface area contributed by atoms with Crippen LogP contribution in [0.15, 0.2) is 11.1 Å². The summed E-state index contributed by atoms with van der Waals surface area (Å²) in [7, 11) is 1.81. The zero-order valence-corrected chi connectivity index (χ0v) is 12.6. The molecule has 1 heterocycles. The van der Waals surface area contributed by atoms with Gasteiger partial charge in [-0.3, -0.25) is 4.90 Å². The van der Waals surface area contributed by atoms with Crippen LogP contribution in [-0.4, -0.2) is 37.7 Å². The quantitative estimate of drug-likeness (QED) is 0.700. The third-order valence-corrected chi connectivity index (χ3v) is 3.67. The van der Waals surface area contributed by atoms with Gasteiger partial charge in [0.05, 0.1) is 6.61 Å². The summed E-state index contributed by atoms with van der Waals surface area (Å²) in [6.07, 6.45) is 0. The highest BCUT2D eigenvalue weighted by atomic mass is 16.5. The van der Waals surface area contributed by atoms with E-state index in [-0.39, 0.29) is 5.41 Å². The van der Waals surface area contributed by atoms with Gasteiger partial charge in [0.1, 0.15) is 0 Å². The minimum absolute atomic E-state index is 0.260. The molecule has 17 heavy (non-hydrogen) atoms. The molecular formula is C15H29NO. The molecule has 0 aromatic rings. The van der Waals surface area contributed by atoms with E-state index in [9.17, 15) is 0 Å². The van der Waals surface area contributed by atoms with Gasteiger partial charge in [-0.25, -0.2) is 0 Å². The second-order valence-electron chi connectivity index (χ2n) is 6.62. The molecule has 2 heteroatoms. The van der Waals surface area contributed by atoms with Gasteiger partial charge in [-0.1, -0.05) is 31.9 Å². The fraction of sp³-hybridized carbons (Fsp3) is 0.867. The van der Waals surface area contributed by atoms with Crippen molar-refractivity contribution in [3.05, 3.63) is 11.1 Å². The standard InChI is InChI=1S/C15H29NO/c1-11(2)16-8-12(3)14(15(4,5)6)13(9-16)10-17-7/h11,13H,8-10H2,1-7H3. The maximum atomic E-state index is 5.42. The van der Waals surface area contributed by atoms with Crippen LogP contribution in [0, 0.1) is 11.3 Å². The molecule has 1 aliphatic heterocycles. The number of hydrogen-bond donors (Lipinski definition) is 0. The minimum Gasteiger partial charge on any atom is -0.384 e. The monoisotopic (exact) mass is 239 g/mol. The van der Waals surface area contributed by atoms with Crippen molar-refractivity contribution in [2.75, 3.05) is 26.8 Å². The smallest absolute Gasteiger partial charge is 0.0540 e. The van der Waals surface area contributed by atoms with Gasteiger partial charge in [0.25, 0.3) is 0 Å². The van der Waals surface area contributed by atoms with Crippen molar-refractivity contribution in [3.8, 4) is 0 Å². The number of rotatable bonds is 3.